The van der Waals surface area contributed by atoms with Crippen molar-refractivity contribution in [2.45, 2.75) is 265 Å². The zero-order valence-corrected chi connectivity index (χ0v) is 40.7. The SMILES string of the molecule is CCCCCCCCCCCCCCCCC#Cc1cccc(N=C(CCCC)C(CCCCC)=Nc2cccc(C#CCCCCCCCCCCCCCCCC)c2)c1. The summed E-state index contributed by atoms with van der Waals surface area (Å²) in [6.07, 6.45) is 48.5. The predicted molar refractivity (Wildman–Crippen MR) is 274 cm³/mol. The first-order valence-electron chi connectivity index (χ1n) is 26.5. The Hall–Kier alpha value is -3.10. The molecule has 0 heterocycles. The molecule has 0 unspecified atom stereocenters. The van der Waals surface area contributed by atoms with Gasteiger partial charge < -0.3 is 0 Å². The lowest BCUT2D eigenvalue weighted by Gasteiger charge is -2.11. The molecular weight excluding hydrogens is 737 g/mol. The van der Waals surface area contributed by atoms with Crippen LogP contribution in [0.2, 0.25) is 0 Å². The van der Waals surface area contributed by atoms with Gasteiger partial charge in [-0.2, -0.15) is 0 Å². The van der Waals surface area contributed by atoms with E-state index in [1.54, 1.807) is 0 Å². The fourth-order valence-corrected chi connectivity index (χ4v) is 8.18. The summed E-state index contributed by atoms with van der Waals surface area (Å²) in [6.45, 7) is 9.14. The van der Waals surface area contributed by atoms with Crippen LogP contribution in [-0.2, 0) is 0 Å². The Morgan fingerprint density at radius 3 is 0.984 bits per heavy atom. The lowest BCUT2D eigenvalue weighted by atomic mass is 10.0. The van der Waals surface area contributed by atoms with Crippen molar-refractivity contribution in [3.8, 4) is 23.7 Å². The molecule has 0 saturated carbocycles. The zero-order chi connectivity index (χ0) is 43.5. The number of benzene rings is 2. The quantitative estimate of drug-likeness (QED) is 0.0366. The first-order valence-corrected chi connectivity index (χ1v) is 26.5. The molecule has 0 atom stereocenters. The average molecular weight is 831 g/mol. The Balaban J connectivity index is 1.87. The van der Waals surface area contributed by atoms with Crippen LogP contribution in [0.15, 0.2) is 58.5 Å². The molecule has 0 bridgehead atoms. The van der Waals surface area contributed by atoms with E-state index in [-0.39, 0.29) is 0 Å². The molecule has 2 nitrogen and oxygen atoms in total. The van der Waals surface area contributed by atoms with E-state index in [2.05, 4.69) is 99.9 Å². The molecule has 0 radical (unpaired) electrons. The number of unbranched alkanes of at least 4 members (excludes halogenated alkanes) is 31. The first-order chi connectivity index (χ1) is 30.2. The topological polar surface area (TPSA) is 24.7 Å². The van der Waals surface area contributed by atoms with Crippen molar-refractivity contribution in [2.75, 3.05) is 0 Å². The number of hydrogen-bond donors (Lipinski definition) is 0. The Bertz CT molecular complexity index is 1510. The molecule has 0 spiro atoms. The summed E-state index contributed by atoms with van der Waals surface area (Å²) in [6, 6.07) is 17.1. The monoisotopic (exact) mass is 831 g/mol. The summed E-state index contributed by atoms with van der Waals surface area (Å²) >= 11 is 0. The summed E-state index contributed by atoms with van der Waals surface area (Å²) in [5.41, 5.74) is 6.35. The highest BCUT2D eigenvalue weighted by molar-refractivity contribution is 6.43. The maximum atomic E-state index is 5.30. The summed E-state index contributed by atoms with van der Waals surface area (Å²) < 4.78 is 0. The van der Waals surface area contributed by atoms with Crippen molar-refractivity contribution in [1.29, 1.82) is 0 Å². The van der Waals surface area contributed by atoms with Crippen LogP contribution in [0.4, 0.5) is 11.4 Å². The van der Waals surface area contributed by atoms with Gasteiger partial charge in [-0.1, -0.05) is 250 Å². The first kappa shape index (κ1) is 54.0. The Morgan fingerprint density at radius 2 is 0.639 bits per heavy atom. The normalized spacial score (nSPS) is 11.7. The number of nitrogens with zero attached hydrogens (tertiary/aromatic N) is 2. The number of hydrogen-bond acceptors (Lipinski definition) is 2. The third-order valence-electron chi connectivity index (χ3n) is 12.1. The fourth-order valence-electron chi connectivity index (χ4n) is 8.18. The van der Waals surface area contributed by atoms with Crippen molar-refractivity contribution in [3.05, 3.63) is 59.7 Å². The van der Waals surface area contributed by atoms with Crippen LogP contribution in [0.1, 0.15) is 276 Å². The van der Waals surface area contributed by atoms with Gasteiger partial charge in [0.1, 0.15) is 0 Å². The maximum Gasteiger partial charge on any atom is 0.0646 e. The molecule has 0 aliphatic heterocycles. The van der Waals surface area contributed by atoms with Gasteiger partial charge in [0.25, 0.3) is 0 Å². The zero-order valence-electron chi connectivity index (χ0n) is 40.7. The molecule has 2 rings (SSSR count). The molecule has 0 N–H and O–H groups in total. The van der Waals surface area contributed by atoms with E-state index >= 15 is 0 Å². The molecule has 0 amide bonds. The van der Waals surface area contributed by atoms with Gasteiger partial charge in [0, 0.05) is 24.0 Å². The largest absolute Gasteiger partial charge is 0.252 e. The van der Waals surface area contributed by atoms with Crippen molar-refractivity contribution >= 4 is 22.8 Å². The van der Waals surface area contributed by atoms with Crippen LogP contribution in [0.25, 0.3) is 0 Å². The molecule has 0 aliphatic rings. The second-order valence-electron chi connectivity index (χ2n) is 18.1. The standard InChI is InChI=1S/C59H94N2/c1-5-9-13-15-17-19-21-23-25-27-29-31-33-35-37-40-44-54-46-42-48-56(52-54)60-58(50-12-8-4)59(51-39-11-7-3)61-57-49-43-47-55(53-57)45-41-38-36-34-32-30-28-26-24-22-20-18-16-14-10-6-2/h42-43,46-49,52-53H,5-39,50-51H2,1-4H3. The van der Waals surface area contributed by atoms with Gasteiger partial charge in [0.2, 0.25) is 0 Å². The summed E-state index contributed by atoms with van der Waals surface area (Å²) in [5.74, 6) is 13.8. The van der Waals surface area contributed by atoms with Crippen LogP contribution in [-0.4, -0.2) is 11.4 Å². The Kier molecular flexibility index (Phi) is 36.3. The fraction of sp³-hybridized carbons (Fsp3) is 0.695. The molecule has 0 fully saturated rings. The highest BCUT2D eigenvalue weighted by atomic mass is 14.8. The van der Waals surface area contributed by atoms with Gasteiger partial charge in [-0.3, -0.25) is 9.98 Å². The Labute approximate surface area is 379 Å². The van der Waals surface area contributed by atoms with Gasteiger partial charge >= 0.3 is 0 Å². The van der Waals surface area contributed by atoms with Crippen molar-refractivity contribution in [1.82, 2.24) is 0 Å². The lowest BCUT2D eigenvalue weighted by Crippen LogP contribution is -2.14. The van der Waals surface area contributed by atoms with Crippen molar-refractivity contribution in [2.24, 2.45) is 9.98 Å². The van der Waals surface area contributed by atoms with Gasteiger partial charge in [-0.05, 0) is 74.9 Å². The minimum atomic E-state index is 0.940. The van der Waals surface area contributed by atoms with Gasteiger partial charge in [-0.25, -0.2) is 0 Å². The smallest absolute Gasteiger partial charge is 0.0646 e. The van der Waals surface area contributed by atoms with Gasteiger partial charge in [0.05, 0.1) is 22.8 Å². The highest BCUT2D eigenvalue weighted by Crippen LogP contribution is 2.22. The minimum Gasteiger partial charge on any atom is -0.252 e. The van der Waals surface area contributed by atoms with Crippen LogP contribution in [0.3, 0.4) is 0 Å². The highest BCUT2D eigenvalue weighted by Gasteiger charge is 2.11. The molecule has 2 aromatic rings. The summed E-state index contributed by atoms with van der Waals surface area (Å²) in [7, 11) is 0. The van der Waals surface area contributed by atoms with E-state index in [1.807, 2.05) is 0 Å². The Morgan fingerprint density at radius 1 is 0.344 bits per heavy atom. The summed E-state index contributed by atoms with van der Waals surface area (Å²) in [4.78, 5) is 10.6. The molecule has 61 heavy (non-hydrogen) atoms. The molecule has 0 aromatic heterocycles. The van der Waals surface area contributed by atoms with E-state index in [1.165, 1.54) is 193 Å². The molecule has 2 aromatic carbocycles. The molecular formula is C59H94N2. The molecule has 0 saturated heterocycles. The van der Waals surface area contributed by atoms with Gasteiger partial charge in [0.15, 0.2) is 0 Å². The van der Waals surface area contributed by atoms with E-state index in [9.17, 15) is 0 Å². The van der Waals surface area contributed by atoms with Gasteiger partial charge in [-0.15, -0.1) is 0 Å². The van der Waals surface area contributed by atoms with E-state index in [0.29, 0.717) is 0 Å². The minimum absolute atomic E-state index is 0.940. The third-order valence-corrected chi connectivity index (χ3v) is 12.1. The number of aliphatic imine (C=N–C) groups is 2. The van der Waals surface area contributed by atoms with Crippen LogP contribution >= 0.6 is 0 Å². The predicted octanol–water partition coefficient (Wildman–Crippen LogP) is 19.7. The van der Waals surface area contributed by atoms with E-state index < -0.39 is 0 Å². The average Bonchev–Trinajstić information content (AvgIpc) is 3.27. The van der Waals surface area contributed by atoms with Crippen molar-refractivity contribution < 1.29 is 0 Å². The summed E-state index contributed by atoms with van der Waals surface area (Å²) in [5, 5.41) is 0. The van der Waals surface area contributed by atoms with Crippen LogP contribution < -0.4 is 0 Å². The number of rotatable bonds is 38. The van der Waals surface area contributed by atoms with E-state index in [0.717, 1.165) is 78.9 Å². The third kappa shape index (κ3) is 31.4. The molecule has 2 heteroatoms. The van der Waals surface area contributed by atoms with E-state index in [4.69, 9.17) is 9.98 Å². The second kappa shape index (κ2) is 40.9. The van der Waals surface area contributed by atoms with Crippen LogP contribution in [0.5, 0.6) is 0 Å². The molecule has 0 aliphatic carbocycles. The lowest BCUT2D eigenvalue weighted by molar-refractivity contribution is 0.536. The maximum absolute atomic E-state index is 5.30. The second-order valence-corrected chi connectivity index (χ2v) is 18.1. The molecule has 340 valence electrons. The van der Waals surface area contributed by atoms with Crippen LogP contribution in [0, 0.1) is 23.7 Å². The van der Waals surface area contributed by atoms with Crippen molar-refractivity contribution in [3.63, 3.8) is 0 Å².